The molecule has 1 rings (SSSR count). The van der Waals surface area contributed by atoms with Gasteiger partial charge in [0, 0.05) is 0 Å². The molecule has 0 aliphatic heterocycles. The molecule has 0 spiro atoms. The van der Waals surface area contributed by atoms with Gasteiger partial charge < -0.3 is 0 Å². The standard InChI is InChI=1S/C10H12.6C4H9.2Sn/c1-7-5-9(3)10(4)6-8(7)2;6*1-3-4-2;;/h5-6H,1-2H2,3-4H3;6*1,3-4H2,2H3;;. The van der Waals surface area contributed by atoms with Gasteiger partial charge in [0.1, 0.15) is 0 Å². The van der Waals surface area contributed by atoms with Crippen molar-refractivity contribution in [3.8, 4) is 0 Å². The van der Waals surface area contributed by atoms with E-state index in [-0.39, 0.29) is 0 Å². The third-order valence-corrected chi connectivity index (χ3v) is 40.0. The molecule has 0 aliphatic rings. The Balaban J connectivity index is 3.51. The van der Waals surface area contributed by atoms with Crippen LogP contribution in [0.2, 0.25) is 26.6 Å². The zero-order valence-corrected chi connectivity index (χ0v) is 32.0. The fourth-order valence-electron chi connectivity index (χ4n) is 6.66. The Morgan fingerprint density at radius 3 is 0.833 bits per heavy atom. The van der Waals surface area contributed by atoms with Gasteiger partial charge in [-0.25, -0.2) is 0 Å². The van der Waals surface area contributed by atoms with Gasteiger partial charge in [-0.15, -0.1) is 0 Å². The molecule has 0 N–H and O–H groups in total. The Labute approximate surface area is 237 Å². The maximum atomic E-state index is 2.72. The summed E-state index contributed by atoms with van der Waals surface area (Å²) in [5.41, 5.74) is 6.85. The monoisotopic (exact) mass is 714 g/mol. The summed E-state index contributed by atoms with van der Waals surface area (Å²) >= 11 is -4.46. The number of aryl methyl sites for hydroxylation is 2. The topological polar surface area (TPSA) is 0 Å². The molecular formula is C34H66Sn2. The van der Waals surface area contributed by atoms with Crippen LogP contribution in [0.3, 0.4) is 0 Å². The third-order valence-electron chi connectivity index (χ3n) is 9.31. The molecule has 0 saturated heterocycles. The average molecular weight is 712 g/mol. The van der Waals surface area contributed by atoms with Crippen molar-refractivity contribution in [2.24, 2.45) is 0 Å². The fraction of sp³-hybridized carbons (Fsp3) is 0.824. The van der Waals surface area contributed by atoms with E-state index in [9.17, 15) is 0 Å². The summed E-state index contributed by atoms with van der Waals surface area (Å²) in [4.78, 5) is 0. The van der Waals surface area contributed by atoms with Crippen molar-refractivity contribution in [3.05, 3.63) is 34.4 Å². The van der Waals surface area contributed by atoms with Gasteiger partial charge in [-0.1, -0.05) is 0 Å². The van der Waals surface area contributed by atoms with E-state index in [1.165, 1.54) is 77.0 Å². The second-order valence-electron chi connectivity index (χ2n) is 12.7. The molecule has 2 heteroatoms. The van der Waals surface area contributed by atoms with Crippen LogP contribution in [-0.2, 0) is 8.87 Å². The zero-order valence-electron chi connectivity index (χ0n) is 26.3. The Morgan fingerprint density at radius 2 is 0.639 bits per heavy atom. The second-order valence-corrected chi connectivity index (χ2v) is 40.4. The quantitative estimate of drug-likeness (QED) is 0.105. The van der Waals surface area contributed by atoms with E-state index >= 15 is 0 Å². The maximum absolute atomic E-state index is 2.72. The first-order valence-corrected chi connectivity index (χ1v) is 32.6. The van der Waals surface area contributed by atoms with Gasteiger partial charge in [-0.05, 0) is 0 Å². The van der Waals surface area contributed by atoms with E-state index in [2.05, 4.69) is 67.5 Å². The van der Waals surface area contributed by atoms with Crippen LogP contribution in [0.15, 0.2) is 12.1 Å². The van der Waals surface area contributed by atoms with Crippen LogP contribution >= 0.6 is 0 Å². The number of benzene rings is 1. The zero-order chi connectivity index (χ0) is 26.9. The summed E-state index contributed by atoms with van der Waals surface area (Å²) in [6, 6.07) is 5.44. The molecule has 0 nitrogen and oxygen atoms in total. The minimum atomic E-state index is -2.23. The van der Waals surface area contributed by atoms with Crippen LogP contribution in [0.5, 0.6) is 0 Å². The Kier molecular flexibility index (Phi) is 19.2. The van der Waals surface area contributed by atoms with Crippen molar-refractivity contribution in [3.63, 3.8) is 0 Å². The molecule has 0 atom stereocenters. The van der Waals surface area contributed by atoms with E-state index in [1.807, 2.05) is 11.1 Å². The predicted octanol–water partition coefficient (Wildman–Crippen LogP) is 12.2. The molecule has 36 heavy (non-hydrogen) atoms. The Hall–Kier alpha value is 0.817. The molecule has 0 fully saturated rings. The molecule has 0 bridgehead atoms. The van der Waals surface area contributed by atoms with Crippen LogP contribution < -0.4 is 0 Å². The van der Waals surface area contributed by atoms with E-state index in [4.69, 9.17) is 0 Å². The molecule has 0 saturated carbocycles. The molecular weight excluding hydrogens is 646 g/mol. The van der Waals surface area contributed by atoms with Gasteiger partial charge in [-0.3, -0.25) is 0 Å². The van der Waals surface area contributed by atoms with Crippen LogP contribution in [-0.4, -0.2) is 36.8 Å². The van der Waals surface area contributed by atoms with Crippen molar-refractivity contribution in [1.82, 2.24) is 0 Å². The predicted molar refractivity (Wildman–Crippen MR) is 173 cm³/mol. The van der Waals surface area contributed by atoms with Gasteiger partial charge in [0.05, 0.1) is 0 Å². The van der Waals surface area contributed by atoms with Gasteiger partial charge >= 0.3 is 239 Å². The van der Waals surface area contributed by atoms with Crippen LogP contribution in [0.1, 0.15) is 141 Å². The SMILES string of the molecule is CCC[CH2][Sn]([CH2]CCC)([CH2]CCC)[CH2]c1cc(C)c(C)cc1[CH2][Sn]([CH2]CCC)([CH2]CCC)[CH2]CCC. The molecule has 0 heterocycles. The summed E-state index contributed by atoms with van der Waals surface area (Å²) < 4.78 is 13.0. The molecule has 0 radical (unpaired) electrons. The summed E-state index contributed by atoms with van der Waals surface area (Å²) in [6.07, 6.45) is 17.3. The Morgan fingerprint density at radius 1 is 0.417 bits per heavy atom. The molecule has 0 aliphatic carbocycles. The van der Waals surface area contributed by atoms with Gasteiger partial charge in [0.15, 0.2) is 0 Å². The number of unbranched alkanes of at least 4 members (excludes halogenated alkanes) is 6. The molecule has 0 amide bonds. The molecule has 210 valence electrons. The van der Waals surface area contributed by atoms with Crippen LogP contribution in [0, 0.1) is 13.8 Å². The first-order chi connectivity index (χ1) is 17.3. The number of hydrogen-bond acceptors (Lipinski definition) is 0. The van der Waals surface area contributed by atoms with E-state index in [0.717, 1.165) is 0 Å². The molecule has 0 unspecified atom stereocenters. The molecule has 1 aromatic rings. The van der Waals surface area contributed by atoms with Crippen molar-refractivity contribution < 1.29 is 0 Å². The van der Waals surface area contributed by atoms with Gasteiger partial charge in [0.2, 0.25) is 0 Å². The van der Waals surface area contributed by atoms with Crippen molar-refractivity contribution in [1.29, 1.82) is 0 Å². The van der Waals surface area contributed by atoms with Crippen LogP contribution in [0.4, 0.5) is 0 Å². The second kappa shape index (κ2) is 19.8. The van der Waals surface area contributed by atoms with Crippen molar-refractivity contribution in [2.45, 2.75) is 168 Å². The minimum absolute atomic E-state index is 1.39. The fourth-order valence-corrected chi connectivity index (χ4v) is 39.4. The summed E-state index contributed by atoms with van der Waals surface area (Å²) in [7, 11) is 0. The van der Waals surface area contributed by atoms with E-state index < -0.39 is 36.8 Å². The summed E-state index contributed by atoms with van der Waals surface area (Å²) in [5.74, 6) is 0. The third kappa shape index (κ3) is 12.3. The average Bonchev–Trinajstić information content (AvgIpc) is 2.88. The number of rotatable bonds is 22. The molecule has 1 aromatic carbocycles. The summed E-state index contributed by atoms with van der Waals surface area (Å²) in [5, 5.41) is 0. The van der Waals surface area contributed by atoms with Gasteiger partial charge in [-0.2, -0.15) is 0 Å². The normalized spacial score (nSPS) is 12.4. The van der Waals surface area contributed by atoms with Crippen LogP contribution in [0.25, 0.3) is 0 Å². The summed E-state index contributed by atoms with van der Waals surface area (Å²) in [6.45, 7) is 19.3. The first-order valence-electron chi connectivity index (χ1n) is 16.4. The Bertz CT molecular complexity index is 590. The van der Waals surface area contributed by atoms with E-state index in [0.29, 0.717) is 0 Å². The molecule has 0 aromatic heterocycles. The van der Waals surface area contributed by atoms with Gasteiger partial charge in [0.25, 0.3) is 0 Å². The van der Waals surface area contributed by atoms with Crippen molar-refractivity contribution >= 4 is 36.8 Å². The van der Waals surface area contributed by atoms with E-state index in [1.54, 1.807) is 46.6 Å². The number of hydrogen-bond donors (Lipinski definition) is 0. The van der Waals surface area contributed by atoms with Crippen molar-refractivity contribution in [2.75, 3.05) is 0 Å². The first kappa shape index (κ1) is 34.8.